The third-order valence-corrected chi connectivity index (χ3v) is 4.83. The van der Waals surface area contributed by atoms with E-state index in [0.717, 1.165) is 16.7 Å². The standard InChI is InChI=1S/C24H27NO4/c1-23(2,3)29-22(27)25-24(21(26)28-4)16-19(24)15-20(17-11-7-5-8-12-17)18-13-9-6-10-14-18/h5-15,19H,16H2,1-4H3,(H,25,27)/t19-,24-/m1/s1. The fourth-order valence-corrected chi connectivity index (χ4v) is 3.38. The lowest BCUT2D eigenvalue weighted by Gasteiger charge is -2.23. The lowest BCUT2D eigenvalue weighted by atomic mass is 9.96. The van der Waals surface area contributed by atoms with Crippen molar-refractivity contribution in [2.45, 2.75) is 38.3 Å². The number of carbonyl (C=O) groups excluding carboxylic acids is 2. The molecule has 0 aromatic heterocycles. The Morgan fingerprint density at radius 1 is 1.00 bits per heavy atom. The highest BCUT2D eigenvalue weighted by Gasteiger charge is 2.62. The van der Waals surface area contributed by atoms with E-state index in [-0.39, 0.29) is 5.92 Å². The number of alkyl carbamates (subject to hydrolysis) is 1. The van der Waals surface area contributed by atoms with Crippen LogP contribution in [-0.4, -0.2) is 30.3 Å². The Kier molecular flexibility index (Phi) is 5.78. The molecule has 1 fully saturated rings. The molecule has 1 N–H and O–H groups in total. The fraction of sp³-hybridized carbons (Fsp3) is 0.333. The molecule has 1 amide bonds. The molecule has 1 aliphatic rings. The maximum absolute atomic E-state index is 12.5. The number of methoxy groups -OCH3 is 1. The smallest absolute Gasteiger partial charge is 0.408 e. The van der Waals surface area contributed by atoms with E-state index >= 15 is 0 Å². The Morgan fingerprint density at radius 2 is 1.52 bits per heavy atom. The van der Waals surface area contributed by atoms with Crippen molar-refractivity contribution in [2.24, 2.45) is 5.92 Å². The number of hydrogen-bond donors (Lipinski definition) is 1. The molecule has 0 saturated heterocycles. The van der Waals surface area contributed by atoms with E-state index in [2.05, 4.69) is 5.32 Å². The third-order valence-electron chi connectivity index (χ3n) is 4.83. The molecule has 5 heteroatoms. The second kappa shape index (κ2) is 8.11. The van der Waals surface area contributed by atoms with Crippen molar-refractivity contribution in [3.05, 3.63) is 77.9 Å². The Bertz CT molecular complexity index is 858. The van der Waals surface area contributed by atoms with Crippen LogP contribution in [-0.2, 0) is 14.3 Å². The van der Waals surface area contributed by atoms with Gasteiger partial charge in [0, 0.05) is 5.92 Å². The first-order valence-electron chi connectivity index (χ1n) is 9.67. The van der Waals surface area contributed by atoms with Gasteiger partial charge in [0.05, 0.1) is 7.11 Å². The molecular formula is C24H27NO4. The number of nitrogens with one attached hydrogen (secondary N) is 1. The molecule has 0 radical (unpaired) electrons. The normalized spacial score (nSPS) is 20.3. The fourth-order valence-electron chi connectivity index (χ4n) is 3.38. The van der Waals surface area contributed by atoms with Crippen LogP contribution >= 0.6 is 0 Å². The number of hydrogen-bond acceptors (Lipinski definition) is 4. The van der Waals surface area contributed by atoms with Gasteiger partial charge in [-0.1, -0.05) is 66.7 Å². The Labute approximate surface area is 171 Å². The van der Waals surface area contributed by atoms with Crippen molar-refractivity contribution in [1.29, 1.82) is 0 Å². The van der Waals surface area contributed by atoms with Crippen LogP contribution < -0.4 is 5.32 Å². The Hall–Kier alpha value is -3.08. The molecule has 0 heterocycles. The minimum atomic E-state index is -1.11. The number of rotatable bonds is 5. The monoisotopic (exact) mass is 393 g/mol. The molecule has 0 unspecified atom stereocenters. The summed E-state index contributed by atoms with van der Waals surface area (Å²) in [5.74, 6) is -0.664. The highest BCUT2D eigenvalue weighted by atomic mass is 16.6. The van der Waals surface area contributed by atoms with E-state index in [9.17, 15) is 9.59 Å². The molecule has 1 aliphatic carbocycles. The van der Waals surface area contributed by atoms with E-state index in [1.807, 2.05) is 66.7 Å². The number of esters is 1. The van der Waals surface area contributed by atoms with Gasteiger partial charge in [0.2, 0.25) is 0 Å². The third kappa shape index (κ3) is 4.86. The van der Waals surface area contributed by atoms with Crippen LogP contribution in [0.15, 0.2) is 66.7 Å². The summed E-state index contributed by atoms with van der Waals surface area (Å²) in [4.78, 5) is 24.9. The van der Waals surface area contributed by atoms with Gasteiger partial charge in [-0.05, 0) is 43.9 Å². The second-order valence-corrected chi connectivity index (χ2v) is 8.21. The van der Waals surface area contributed by atoms with Crippen LogP contribution in [0.25, 0.3) is 5.57 Å². The van der Waals surface area contributed by atoms with Gasteiger partial charge in [0.15, 0.2) is 0 Å². The molecule has 0 aliphatic heterocycles. The van der Waals surface area contributed by atoms with Gasteiger partial charge in [-0.2, -0.15) is 0 Å². The molecule has 2 aromatic rings. The Balaban J connectivity index is 1.93. The Morgan fingerprint density at radius 3 is 1.97 bits per heavy atom. The highest BCUT2D eigenvalue weighted by molar-refractivity contribution is 5.91. The first-order valence-corrected chi connectivity index (χ1v) is 9.67. The maximum Gasteiger partial charge on any atom is 0.408 e. The topological polar surface area (TPSA) is 64.6 Å². The van der Waals surface area contributed by atoms with Crippen molar-refractivity contribution in [2.75, 3.05) is 7.11 Å². The molecule has 5 nitrogen and oxygen atoms in total. The molecule has 152 valence electrons. The SMILES string of the molecule is COC(=O)[C@@]1(NC(=O)OC(C)(C)C)C[C@H]1C=C(c1ccccc1)c1ccccc1. The summed E-state index contributed by atoms with van der Waals surface area (Å²) < 4.78 is 10.3. The lowest BCUT2D eigenvalue weighted by molar-refractivity contribution is -0.144. The number of amides is 1. The van der Waals surface area contributed by atoms with Crippen LogP contribution in [0.5, 0.6) is 0 Å². The van der Waals surface area contributed by atoms with Gasteiger partial charge in [-0.25, -0.2) is 9.59 Å². The minimum absolute atomic E-state index is 0.196. The van der Waals surface area contributed by atoms with Crippen molar-refractivity contribution in [1.82, 2.24) is 5.32 Å². The molecule has 2 aromatic carbocycles. The molecule has 0 bridgehead atoms. The lowest BCUT2D eigenvalue weighted by Crippen LogP contribution is -2.47. The van der Waals surface area contributed by atoms with Gasteiger partial charge in [0.25, 0.3) is 0 Å². The van der Waals surface area contributed by atoms with E-state index in [1.165, 1.54) is 7.11 Å². The average Bonchev–Trinajstić information content (AvgIpc) is 3.38. The van der Waals surface area contributed by atoms with Gasteiger partial charge < -0.3 is 14.8 Å². The predicted molar refractivity (Wildman–Crippen MR) is 112 cm³/mol. The van der Waals surface area contributed by atoms with Gasteiger partial charge >= 0.3 is 12.1 Å². The van der Waals surface area contributed by atoms with E-state index < -0.39 is 23.2 Å². The minimum Gasteiger partial charge on any atom is -0.467 e. The molecular weight excluding hydrogens is 366 g/mol. The summed E-state index contributed by atoms with van der Waals surface area (Å²) in [6.07, 6.45) is 1.88. The summed E-state index contributed by atoms with van der Waals surface area (Å²) in [7, 11) is 1.33. The largest absolute Gasteiger partial charge is 0.467 e. The van der Waals surface area contributed by atoms with Crippen LogP contribution in [0.3, 0.4) is 0 Å². The summed E-state index contributed by atoms with van der Waals surface area (Å²) in [6.45, 7) is 5.35. The van der Waals surface area contributed by atoms with Crippen LogP contribution in [0.1, 0.15) is 38.3 Å². The average molecular weight is 393 g/mol. The van der Waals surface area contributed by atoms with Crippen LogP contribution in [0.2, 0.25) is 0 Å². The van der Waals surface area contributed by atoms with E-state index in [1.54, 1.807) is 20.8 Å². The summed E-state index contributed by atoms with van der Waals surface area (Å²) in [6, 6.07) is 20.0. The van der Waals surface area contributed by atoms with Gasteiger partial charge in [-0.3, -0.25) is 0 Å². The maximum atomic E-state index is 12.5. The van der Waals surface area contributed by atoms with Gasteiger partial charge in [-0.15, -0.1) is 0 Å². The van der Waals surface area contributed by atoms with E-state index in [4.69, 9.17) is 9.47 Å². The second-order valence-electron chi connectivity index (χ2n) is 8.21. The number of carbonyl (C=O) groups is 2. The summed E-state index contributed by atoms with van der Waals surface area (Å²) in [5, 5.41) is 2.75. The van der Waals surface area contributed by atoms with Crippen LogP contribution in [0.4, 0.5) is 4.79 Å². The van der Waals surface area contributed by atoms with Crippen molar-refractivity contribution in [3.8, 4) is 0 Å². The predicted octanol–water partition coefficient (Wildman–Crippen LogP) is 4.57. The first kappa shape index (κ1) is 20.6. The van der Waals surface area contributed by atoms with E-state index in [0.29, 0.717) is 6.42 Å². The molecule has 3 rings (SSSR count). The summed E-state index contributed by atoms with van der Waals surface area (Å²) >= 11 is 0. The first-order chi connectivity index (χ1) is 13.7. The zero-order chi connectivity index (χ0) is 21.1. The quantitative estimate of drug-likeness (QED) is 0.756. The molecule has 2 atom stereocenters. The molecule has 29 heavy (non-hydrogen) atoms. The number of benzene rings is 2. The van der Waals surface area contributed by atoms with Crippen LogP contribution in [0, 0.1) is 5.92 Å². The molecule has 0 spiro atoms. The van der Waals surface area contributed by atoms with Gasteiger partial charge in [0.1, 0.15) is 11.1 Å². The van der Waals surface area contributed by atoms with Crippen molar-refractivity contribution < 1.29 is 19.1 Å². The van der Waals surface area contributed by atoms with Crippen molar-refractivity contribution >= 4 is 17.6 Å². The highest BCUT2D eigenvalue weighted by Crippen LogP contribution is 2.47. The van der Waals surface area contributed by atoms with Crippen molar-refractivity contribution in [3.63, 3.8) is 0 Å². The zero-order valence-corrected chi connectivity index (χ0v) is 17.3. The molecule has 1 saturated carbocycles. The number of ether oxygens (including phenoxy) is 2. The zero-order valence-electron chi connectivity index (χ0n) is 17.3. The summed E-state index contributed by atoms with van der Waals surface area (Å²) in [5.41, 5.74) is 1.34.